The summed E-state index contributed by atoms with van der Waals surface area (Å²) in [6, 6.07) is 17.1. The van der Waals surface area contributed by atoms with Crippen LogP contribution in [0, 0.1) is 0 Å². The molecule has 2 aromatic carbocycles. The summed E-state index contributed by atoms with van der Waals surface area (Å²) in [6.45, 7) is 0.744. The van der Waals surface area contributed by atoms with E-state index in [1.54, 1.807) is 7.11 Å². The van der Waals surface area contributed by atoms with Gasteiger partial charge in [0.1, 0.15) is 18.0 Å². The Morgan fingerprint density at radius 2 is 1.85 bits per heavy atom. The van der Waals surface area contributed by atoms with E-state index in [9.17, 15) is 4.79 Å². The smallest absolute Gasteiger partial charge is 0.243 e. The minimum Gasteiger partial charge on any atom is -0.497 e. The van der Waals surface area contributed by atoms with Crippen LogP contribution in [0.3, 0.4) is 0 Å². The van der Waals surface area contributed by atoms with Crippen LogP contribution in [-0.4, -0.2) is 39.8 Å². The summed E-state index contributed by atoms with van der Waals surface area (Å²) in [5.41, 5.74) is 1.12. The summed E-state index contributed by atoms with van der Waals surface area (Å²) in [4.78, 5) is 13.3. The van der Waals surface area contributed by atoms with E-state index in [4.69, 9.17) is 9.47 Å². The molecule has 3 aromatic rings. The molecule has 0 aliphatic rings. The number of aromatic nitrogens is 4. The van der Waals surface area contributed by atoms with Crippen LogP contribution in [0.25, 0.3) is 0 Å². The number of ether oxygens (including phenoxy) is 2. The zero-order valence-corrected chi connectivity index (χ0v) is 15.0. The highest BCUT2D eigenvalue weighted by molar-refractivity contribution is 5.75. The number of para-hydroxylation sites is 1. The van der Waals surface area contributed by atoms with Gasteiger partial charge in [0, 0.05) is 6.54 Å². The molecule has 1 aromatic heterocycles. The third-order valence-corrected chi connectivity index (χ3v) is 3.79. The SMILES string of the molecule is COc1ccc(CCNC(=O)Cn2nnc(COc3ccccc3)n2)cc1. The fourth-order valence-electron chi connectivity index (χ4n) is 2.39. The van der Waals surface area contributed by atoms with Gasteiger partial charge < -0.3 is 14.8 Å². The number of rotatable bonds is 9. The van der Waals surface area contributed by atoms with Gasteiger partial charge in [0.2, 0.25) is 11.7 Å². The summed E-state index contributed by atoms with van der Waals surface area (Å²) in [7, 11) is 1.63. The standard InChI is InChI=1S/C19H21N5O3/c1-26-16-9-7-15(8-10-16)11-12-20-19(25)13-24-22-18(21-23-24)14-27-17-5-3-2-4-6-17/h2-10H,11-14H2,1H3,(H,20,25). The number of nitrogens with zero attached hydrogens (tertiary/aromatic N) is 4. The van der Waals surface area contributed by atoms with Gasteiger partial charge in [-0.15, -0.1) is 10.2 Å². The minimum absolute atomic E-state index is 0.0148. The number of tetrazole rings is 1. The molecule has 0 aliphatic heterocycles. The van der Waals surface area contributed by atoms with Crippen molar-refractivity contribution in [2.45, 2.75) is 19.6 Å². The molecule has 8 heteroatoms. The first-order valence-corrected chi connectivity index (χ1v) is 8.57. The van der Waals surface area contributed by atoms with Gasteiger partial charge in [0.25, 0.3) is 0 Å². The fourth-order valence-corrected chi connectivity index (χ4v) is 2.39. The number of hydrogen-bond acceptors (Lipinski definition) is 6. The van der Waals surface area contributed by atoms with Gasteiger partial charge in [-0.1, -0.05) is 30.3 Å². The van der Waals surface area contributed by atoms with E-state index in [1.807, 2.05) is 54.6 Å². The van der Waals surface area contributed by atoms with Crippen LogP contribution in [-0.2, 0) is 24.4 Å². The van der Waals surface area contributed by atoms with Crippen molar-refractivity contribution in [2.75, 3.05) is 13.7 Å². The summed E-state index contributed by atoms with van der Waals surface area (Å²) >= 11 is 0. The van der Waals surface area contributed by atoms with Gasteiger partial charge in [0.15, 0.2) is 6.61 Å². The average molecular weight is 367 g/mol. The lowest BCUT2D eigenvalue weighted by Crippen LogP contribution is -2.30. The zero-order chi connectivity index (χ0) is 18.9. The Hall–Kier alpha value is -3.42. The first-order valence-electron chi connectivity index (χ1n) is 8.57. The first kappa shape index (κ1) is 18.4. The van der Waals surface area contributed by atoms with Crippen LogP contribution in [0.5, 0.6) is 11.5 Å². The lowest BCUT2D eigenvalue weighted by molar-refractivity contribution is -0.122. The largest absolute Gasteiger partial charge is 0.497 e. The second-order valence-electron chi connectivity index (χ2n) is 5.79. The Morgan fingerprint density at radius 1 is 1.07 bits per heavy atom. The molecule has 27 heavy (non-hydrogen) atoms. The Balaban J connectivity index is 1.39. The maximum atomic E-state index is 12.0. The lowest BCUT2D eigenvalue weighted by Gasteiger charge is -2.05. The zero-order valence-electron chi connectivity index (χ0n) is 15.0. The summed E-state index contributed by atoms with van der Waals surface area (Å²) in [6.07, 6.45) is 0.733. The third kappa shape index (κ3) is 5.81. The molecule has 0 radical (unpaired) electrons. The quantitative estimate of drug-likeness (QED) is 0.618. The van der Waals surface area contributed by atoms with Gasteiger partial charge in [-0.3, -0.25) is 4.79 Å². The molecule has 0 aliphatic carbocycles. The monoisotopic (exact) mass is 367 g/mol. The molecular weight excluding hydrogens is 346 g/mol. The number of amides is 1. The number of carbonyl (C=O) groups excluding carboxylic acids is 1. The van der Waals surface area contributed by atoms with Crippen molar-refractivity contribution in [3.05, 3.63) is 66.0 Å². The molecule has 0 spiro atoms. The summed E-state index contributed by atoms with van der Waals surface area (Å²) in [5, 5.41) is 14.8. The number of carbonyl (C=O) groups is 1. The molecule has 0 fully saturated rings. The fraction of sp³-hybridized carbons (Fsp3) is 0.263. The van der Waals surface area contributed by atoms with E-state index in [2.05, 4.69) is 20.7 Å². The molecule has 140 valence electrons. The Labute approximate surface area is 157 Å². The predicted molar refractivity (Wildman–Crippen MR) is 98.3 cm³/mol. The van der Waals surface area contributed by atoms with Crippen molar-refractivity contribution in [1.82, 2.24) is 25.5 Å². The van der Waals surface area contributed by atoms with E-state index in [-0.39, 0.29) is 19.1 Å². The van der Waals surface area contributed by atoms with Gasteiger partial charge in [-0.05, 0) is 41.5 Å². The van der Waals surface area contributed by atoms with Crippen molar-refractivity contribution in [3.63, 3.8) is 0 Å². The third-order valence-electron chi connectivity index (χ3n) is 3.79. The highest BCUT2D eigenvalue weighted by Crippen LogP contribution is 2.11. The molecule has 0 bridgehead atoms. The van der Waals surface area contributed by atoms with E-state index in [0.29, 0.717) is 12.4 Å². The molecule has 0 atom stereocenters. The van der Waals surface area contributed by atoms with Gasteiger partial charge in [0.05, 0.1) is 7.11 Å². The van der Waals surface area contributed by atoms with Crippen LogP contribution in [0.15, 0.2) is 54.6 Å². The van der Waals surface area contributed by atoms with Crippen molar-refractivity contribution in [1.29, 1.82) is 0 Å². The molecule has 0 saturated heterocycles. The van der Waals surface area contributed by atoms with Crippen molar-refractivity contribution >= 4 is 5.91 Å². The maximum Gasteiger partial charge on any atom is 0.243 e. The molecule has 8 nitrogen and oxygen atoms in total. The maximum absolute atomic E-state index is 12.0. The lowest BCUT2D eigenvalue weighted by atomic mass is 10.1. The average Bonchev–Trinajstić information content (AvgIpc) is 3.15. The first-order chi connectivity index (χ1) is 13.2. The van der Waals surface area contributed by atoms with Crippen LogP contribution in [0.1, 0.15) is 11.4 Å². The van der Waals surface area contributed by atoms with Gasteiger partial charge in [-0.25, -0.2) is 0 Å². The molecule has 0 saturated carbocycles. The molecule has 3 rings (SSSR count). The van der Waals surface area contributed by atoms with Crippen LogP contribution in [0.2, 0.25) is 0 Å². The molecule has 1 N–H and O–H groups in total. The summed E-state index contributed by atoms with van der Waals surface area (Å²) < 4.78 is 10.7. The number of hydrogen-bond donors (Lipinski definition) is 1. The van der Waals surface area contributed by atoms with Crippen LogP contribution >= 0.6 is 0 Å². The van der Waals surface area contributed by atoms with E-state index in [1.165, 1.54) is 4.80 Å². The molecule has 1 amide bonds. The molecule has 0 unspecified atom stereocenters. The van der Waals surface area contributed by atoms with E-state index < -0.39 is 0 Å². The highest BCUT2D eigenvalue weighted by Gasteiger charge is 2.08. The topological polar surface area (TPSA) is 91.2 Å². The van der Waals surface area contributed by atoms with E-state index in [0.717, 1.165) is 23.5 Å². The Kier molecular flexibility index (Phi) is 6.35. The molecular formula is C19H21N5O3. The number of nitrogens with one attached hydrogen (secondary N) is 1. The second-order valence-corrected chi connectivity index (χ2v) is 5.79. The van der Waals surface area contributed by atoms with Gasteiger partial charge >= 0.3 is 0 Å². The Bertz CT molecular complexity index is 849. The van der Waals surface area contributed by atoms with Crippen molar-refractivity contribution in [3.8, 4) is 11.5 Å². The predicted octanol–water partition coefficient (Wildman–Crippen LogP) is 1.62. The Morgan fingerprint density at radius 3 is 2.59 bits per heavy atom. The van der Waals surface area contributed by atoms with Crippen molar-refractivity contribution < 1.29 is 14.3 Å². The molecule has 1 heterocycles. The number of methoxy groups -OCH3 is 1. The normalized spacial score (nSPS) is 10.4. The van der Waals surface area contributed by atoms with Crippen molar-refractivity contribution in [2.24, 2.45) is 0 Å². The van der Waals surface area contributed by atoms with E-state index >= 15 is 0 Å². The van der Waals surface area contributed by atoms with Crippen LogP contribution in [0.4, 0.5) is 0 Å². The highest BCUT2D eigenvalue weighted by atomic mass is 16.5. The summed E-state index contributed by atoms with van der Waals surface area (Å²) in [5.74, 6) is 1.79. The number of benzene rings is 2. The van der Waals surface area contributed by atoms with Crippen LogP contribution < -0.4 is 14.8 Å². The van der Waals surface area contributed by atoms with Gasteiger partial charge in [-0.2, -0.15) is 4.80 Å². The minimum atomic E-state index is -0.170. The second kappa shape index (κ2) is 9.33.